The summed E-state index contributed by atoms with van der Waals surface area (Å²) >= 11 is 3.50. The first-order chi connectivity index (χ1) is 11.1. The van der Waals surface area contributed by atoms with E-state index in [4.69, 9.17) is 9.57 Å². The average molecular weight is 378 g/mol. The second-order valence-corrected chi connectivity index (χ2v) is 5.88. The number of rotatable bonds is 3. The maximum absolute atomic E-state index is 13.1. The molecule has 0 spiro atoms. The number of halogens is 2. The Bertz CT molecular complexity index is 804. The monoisotopic (exact) mass is 377 g/mol. The van der Waals surface area contributed by atoms with Crippen LogP contribution in [0.4, 0.5) is 4.39 Å². The van der Waals surface area contributed by atoms with Gasteiger partial charge in [0.1, 0.15) is 11.6 Å². The molecule has 0 saturated heterocycles. The Kier molecular flexibility index (Phi) is 4.43. The van der Waals surface area contributed by atoms with Crippen LogP contribution in [-0.2, 0) is 11.3 Å². The van der Waals surface area contributed by atoms with E-state index in [1.807, 2.05) is 12.1 Å². The first-order valence-electron chi connectivity index (χ1n) is 6.99. The van der Waals surface area contributed by atoms with E-state index in [-0.39, 0.29) is 5.56 Å². The molecular weight excluding hydrogens is 365 g/mol. The van der Waals surface area contributed by atoms with E-state index >= 15 is 0 Å². The molecule has 0 amide bonds. The molecule has 2 aromatic rings. The summed E-state index contributed by atoms with van der Waals surface area (Å²) in [4.78, 5) is 16.9. The molecule has 0 N–H and O–H groups in total. The van der Waals surface area contributed by atoms with Crippen molar-refractivity contribution in [2.24, 2.45) is 5.16 Å². The van der Waals surface area contributed by atoms with Gasteiger partial charge in [-0.2, -0.15) is 0 Å². The van der Waals surface area contributed by atoms with Gasteiger partial charge < -0.3 is 9.57 Å². The van der Waals surface area contributed by atoms with E-state index in [0.717, 1.165) is 28.1 Å². The largest absolute Gasteiger partial charge is 0.496 e. The van der Waals surface area contributed by atoms with Gasteiger partial charge in [-0.1, -0.05) is 27.2 Å². The maximum Gasteiger partial charge on any atom is 0.365 e. The minimum atomic E-state index is -0.695. The Balaban J connectivity index is 1.87. The molecule has 0 heterocycles. The number of methoxy groups -OCH3 is 1. The van der Waals surface area contributed by atoms with Crippen LogP contribution < -0.4 is 4.74 Å². The van der Waals surface area contributed by atoms with Gasteiger partial charge in [0.25, 0.3) is 0 Å². The Morgan fingerprint density at radius 3 is 2.83 bits per heavy atom. The van der Waals surface area contributed by atoms with Gasteiger partial charge in [0.15, 0.2) is 0 Å². The highest BCUT2D eigenvalue weighted by Crippen LogP contribution is 2.36. The standard InChI is InChI=1S/C17H13BrFNO3/c1-22-15-8-6-13(18)12-5-7-14(16(12)15)20-23-17(21)10-3-2-4-11(19)9-10/h2-4,6,8-9H,5,7H2,1H3/b20-14+. The third-order valence-corrected chi connectivity index (χ3v) is 4.38. The normalized spacial score (nSPS) is 14.7. The van der Waals surface area contributed by atoms with E-state index in [0.29, 0.717) is 17.9 Å². The molecule has 0 aliphatic heterocycles. The van der Waals surface area contributed by atoms with Crippen LogP contribution in [0.3, 0.4) is 0 Å². The fraction of sp³-hybridized carbons (Fsp3) is 0.176. The number of carbonyl (C=O) groups is 1. The zero-order valence-corrected chi connectivity index (χ0v) is 13.9. The Morgan fingerprint density at radius 2 is 2.09 bits per heavy atom. The average Bonchev–Trinajstić information content (AvgIpc) is 2.98. The summed E-state index contributed by atoms with van der Waals surface area (Å²) in [5.41, 5.74) is 2.68. The smallest absolute Gasteiger partial charge is 0.365 e. The van der Waals surface area contributed by atoms with Gasteiger partial charge in [-0.15, -0.1) is 0 Å². The molecule has 3 rings (SSSR count). The molecule has 0 unspecified atom stereocenters. The number of hydrogen-bond donors (Lipinski definition) is 0. The van der Waals surface area contributed by atoms with E-state index in [1.165, 1.54) is 18.2 Å². The minimum absolute atomic E-state index is 0.119. The van der Waals surface area contributed by atoms with Gasteiger partial charge >= 0.3 is 5.97 Å². The van der Waals surface area contributed by atoms with Crippen molar-refractivity contribution in [2.75, 3.05) is 7.11 Å². The number of oxime groups is 1. The van der Waals surface area contributed by atoms with Crippen molar-refractivity contribution >= 4 is 27.6 Å². The molecule has 1 aliphatic rings. The molecule has 0 saturated carbocycles. The zero-order chi connectivity index (χ0) is 16.4. The predicted octanol–water partition coefficient (Wildman–Crippen LogP) is 4.10. The number of hydrogen-bond acceptors (Lipinski definition) is 4. The molecule has 0 aromatic heterocycles. The lowest BCUT2D eigenvalue weighted by atomic mass is 10.1. The quantitative estimate of drug-likeness (QED) is 0.597. The predicted molar refractivity (Wildman–Crippen MR) is 87.4 cm³/mol. The fourth-order valence-electron chi connectivity index (χ4n) is 2.56. The van der Waals surface area contributed by atoms with Gasteiger partial charge in [0.2, 0.25) is 0 Å². The van der Waals surface area contributed by atoms with Crippen molar-refractivity contribution in [3.05, 3.63) is 63.4 Å². The van der Waals surface area contributed by atoms with E-state index in [2.05, 4.69) is 21.1 Å². The molecule has 118 valence electrons. The van der Waals surface area contributed by atoms with Crippen LogP contribution in [0.15, 0.2) is 46.0 Å². The summed E-state index contributed by atoms with van der Waals surface area (Å²) < 4.78 is 19.5. The lowest BCUT2D eigenvalue weighted by molar-refractivity contribution is 0.0515. The van der Waals surface area contributed by atoms with Gasteiger partial charge in [0.05, 0.1) is 18.4 Å². The third-order valence-electron chi connectivity index (χ3n) is 3.64. The summed E-state index contributed by atoms with van der Waals surface area (Å²) in [6.07, 6.45) is 1.42. The lowest BCUT2D eigenvalue weighted by Gasteiger charge is -2.09. The Morgan fingerprint density at radius 1 is 1.26 bits per heavy atom. The van der Waals surface area contributed by atoms with E-state index < -0.39 is 11.8 Å². The molecule has 0 fully saturated rings. The Labute approximate surface area is 141 Å². The number of benzene rings is 2. The molecule has 0 bridgehead atoms. The molecule has 2 aromatic carbocycles. The molecule has 23 heavy (non-hydrogen) atoms. The summed E-state index contributed by atoms with van der Waals surface area (Å²) in [6.45, 7) is 0. The summed E-state index contributed by atoms with van der Waals surface area (Å²) in [7, 11) is 1.58. The highest BCUT2D eigenvalue weighted by Gasteiger charge is 2.25. The van der Waals surface area contributed by atoms with Crippen molar-refractivity contribution in [3.8, 4) is 5.75 Å². The number of ether oxygens (including phenoxy) is 1. The fourth-order valence-corrected chi connectivity index (χ4v) is 3.08. The highest BCUT2D eigenvalue weighted by atomic mass is 79.9. The number of nitrogens with zero attached hydrogens (tertiary/aromatic N) is 1. The maximum atomic E-state index is 13.1. The van der Waals surface area contributed by atoms with Crippen LogP contribution in [0.1, 0.15) is 27.9 Å². The van der Waals surface area contributed by atoms with Crippen LogP contribution in [0, 0.1) is 5.82 Å². The molecule has 0 radical (unpaired) electrons. The van der Waals surface area contributed by atoms with Crippen molar-refractivity contribution in [1.29, 1.82) is 0 Å². The van der Waals surface area contributed by atoms with Crippen LogP contribution >= 0.6 is 15.9 Å². The Hall–Kier alpha value is -2.21. The zero-order valence-electron chi connectivity index (χ0n) is 12.3. The van der Waals surface area contributed by atoms with Crippen LogP contribution in [0.2, 0.25) is 0 Å². The first kappa shape index (κ1) is 15.7. The molecule has 4 nitrogen and oxygen atoms in total. The van der Waals surface area contributed by atoms with Crippen molar-refractivity contribution in [2.45, 2.75) is 12.8 Å². The summed E-state index contributed by atoms with van der Waals surface area (Å²) in [6, 6.07) is 9.05. The van der Waals surface area contributed by atoms with Crippen LogP contribution in [-0.4, -0.2) is 18.8 Å². The summed E-state index contributed by atoms with van der Waals surface area (Å²) in [5.74, 6) is -0.510. The minimum Gasteiger partial charge on any atom is -0.496 e. The summed E-state index contributed by atoms with van der Waals surface area (Å²) in [5, 5.41) is 3.96. The lowest BCUT2D eigenvalue weighted by Crippen LogP contribution is -2.05. The van der Waals surface area contributed by atoms with Gasteiger partial charge in [-0.05, 0) is 48.7 Å². The number of carbonyl (C=O) groups excluding carboxylic acids is 1. The highest BCUT2D eigenvalue weighted by molar-refractivity contribution is 9.10. The van der Waals surface area contributed by atoms with E-state index in [9.17, 15) is 9.18 Å². The first-order valence-corrected chi connectivity index (χ1v) is 7.79. The van der Waals surface area contributed by atoms with Gasteiger partial charge in [-0.3, -0.25) is 0 Å². The second kappa shape index (κ2) is 6.50. The second-order valence-electron chi connectivity index (χ2n) is 5.03. The van der Waals surface area contributed by atoms with Gasteiger partial charge in [-0.25, -0.2) is 9.18 Å². The molecule has 1 aliphatic carbocycles. The van der Waals surface area contributed by atoms with Gasteiger partial charge in [0, 0.05) is 10.0 Å². The molecular formula is C17H13BrFNO3. The van der Waals surface area contributed by atoms with Crippen molar-refractivity contribution in [3.63, 3.8) is 0 Å². The van der Waals surface area contributed by atoms with Crippen molar-refractivity contribution in [1.82, 2.24) is 0 Å². The number of fused-ring (bicyclic) bond motifs is 1. The molecule has 0 atom stereocenters. The third kappa shape index (κ3) is 3.12. The van der Waals surface area contributed by atoms with Crippen LogP contribution in [0.5, 0.6) is 5.75 Å². The van der Waals surface area contributed by atoms with Crippen LogP contribution in [0.25, 0.3) is 0 Å². The topological polar surface area (TPSA) is 47.9 Å². The van der Waals surface area contributed by atoms with E-state index in [1.54, 1.807) is 7.11 Å². The molecule has 6 heteroatoms. The van der Waals surface area contributed by atoms with Crippen molar-refractivity contribution < 1.29 is 18.8 Å². The SMILES string of the molecule is COc1ccc(Br)c2c1/C(=N/OC(=O)c1cccc(F)c1)CC2.